The van der Waals surface area contributed by atoms with Crippen LogP contribution in [0.5, 0.6) is 0 Å². The van der Waals surface area contributed by atoms with Gasteiger partial charge in [-0.3, -0.25) is 9.48 Å². The summed E-state index contributed by atoms with van der Waals surface area (Å²) in [5.41, 5.74) is 0.579. The molecule has 0 saturated heterocycles. The number of anilines is 1. The van der Waals surface area contributed by atoms with Crippen LogP contribution >= 0.6 is 0 Å². The Labute approximate surface area is 117 Å². The molecule has 0 unspecified atom stereocenters. The fourth-order valence-electron chi connectivity index (χ4n) is 1.88. The summed E-state index contributed by atoms with van der Waals surface area (Å²) in [7, 11) is 0. The molecular formula is C13H20N4O3. The largest absolute Gasteiger partial charge is 0.480 e. The number of amides is 2. The topological polar surface area (TPSA) is 87.5 Å². The summed E-state index contributed by atoms with van der Waals surface area (Å²) in [5, 5.41) is 15.7. The minimum absolute atomic E-state index is 0.210. The van der Waals surface area contributed by atoms with Crippen molar-refractivity contribution in [3.63, 3.8) is 0 Å². The molecule has 110 valence electrons. The molecule has 0 atom stereocenters. The van der Waals surface area contributed by atoms with Crippen LogP contribution in [0, 0.1) is 5.92 Å². The Morgan fingerprint density at radius 3 is 2.75 bits per heavy atom. The molecule has 1 aliphatic rings. The van der Waals surface area contributed by atoms with E-state index in [-0.39, 0.29) is 18.6 Å². The molecule has 0 aliphatic heterocycles. The first-order valence-electron chi connectivity index (χ1n) is 6.77. The molecule has 1 saturated carbocycles. The van der Waals surface area contributed by atoms with E-state index >= 15 is 0 Å². The van der Waals surface area contributed by atoms with E-state index in [1.807, 2.05) is 13.8 Å². The van der Waals surface area contributed by atoms with E-state index in [1.165, 1.54) is 4.90 Å². The van der Waals surface area contributed by atoms with Gasteiger partial charge >= 0.3 is 12.0 Å². The number of hydrogen-bond donors (Lipinski definition) is 2. The molecule has 1 fully saturated rings. The van der Waals surface area contributed by atoms with Crippen molar-refractivity contribution in [1.82, 2.24) is 14.7 Å². The van der Waals surface area contributed by atoms with Crippen molar-refractivity contribution in [1.29, 1.82) is 0 Å². The number of hydrogen-bond acceptors (Lipinski definition) is 3. The Hall–Kier alpha value is -2.05. The van der Waals surface area contributed by atoms with E-state index in [0.29, 0.717) is 18.2 Å². The highest BCUT2D eigenvalue weighted by atomic mass is 16.4. The number of carbonyl (C=O) groups excluding carboxylic acids is 1. The molecule has 0 bridgehead atoms. The van der Waals surface area contributed by atoms with Crippen LogP contribution in [0.3, 0.4) is 0 Å². The molecule has 2 N–H and O–H groups in total. The van der Waals surface area contributed by atoms with E-state index in [0.717, 1.165) is 12.8 Å². The predicted molar refractivity (Wildman–Crippen MR) is 73.6 cm³/mol. The number of nitrogens with zero attached hydrogens (tertiary/aromatic N) is 3. The van der Waals surface area contributed by atoms with Gasteiger partial charge < -0.3 is 15.3 Å². The van der Waals surface area contributed by atoms with E-state index in [2.05, 4.69) is 10.4 Å². The number of aromatic nitrogens is 2. The Morgan fingerprint density at radius 1 is 1.55 bits per heavy atom. The van der Waals surface area contributed by atoms with Gasteiger partial charge in [0, 0.05) is 18.8 Å². The predicted octanol–water partition coefficient (Wildman–Crippen LogP) is 1.79. The molecular weight excluding hydrogens is 260 g/mol. The first-order chi connectivity index (χ1) is 9.45. The minimum atomic E-state index is -1.00. The van der Waals surface area contributed by atoms with Crippen LogP contribution < -0.4 is 5.32 Å². The lowest BCUT2D eigenvalue weighted by Gasteiger charge is -2.20. The summed E-state index contributed by atoms with van der Waals surface area (Å²) in [6, 6.07) is -0.176. The Balaban J connectivity index is 1.96. The van der Waals surface area contributed by atoms with Gasteiger partial charge in [0.05, 0.1) is 11.9 Å². The Bertz CT molecular complexity index is 494. The number of carboxylic acids is 1. The van der Waals surface area contributed by atoms with Gasteiger partial charge in [-0.05, 0) is 32.6 Å². The summed E-state index contributed by atoms with van der Waals surface area (Å²) in [6.45, 7) is 4.20. The van der Waals surface area contributed by atoms with Crippen LogP contribution in [0.4, 0.5) is 10.5 Å². The van der Waals surface area contributed by atoms with Crippen LogP contribution in [0.25, 0.3) is 0 Å². The highest BCUT2D eigenvalue weighted by molar-refractivity contribution is 5.91. The Morgan fingerprint density at radius 2 is 2.25 bits per heavy atom. The third kappa shape index (κ3) is 3.97. The minimum Gasteiger partial charge on any atom is -0.480 e. The molecule has 1 aromatic rings. The number of rotatable bonds is 6. The summed E-state index contributed by atoms with van der Waals surface area (Å²) in [4.78, 5) is 24.3. The molecule has 1 heterocycles. The van der Waals surface area contributed by atoms with Crippen LogP contribution in [0.15, 0.2) is 12.4 Å². The standard InChI is InChI=1S/C13H20N4O3/c1-9(2)17-7-11(5-14-17)15-13(20)16(8-12(18)19)6-10-3-4-10/h5,7,9-10H,3-4,6,8H2,1-2H3,(H,15,20)(H,18,19). The quantitative estimate of drug-likeness (QED) is 0.831. The molecule has 2 amide bonds. The number of carbonyl (C=O) groups is 2. The van der Waals surface area contributed by atoms with Gasteiger partial charge in [-0.15, -0.1) is 0 Å². The van der Waals surface area contributed by atoms with E-state index in [9.17, 15) is 9.59 Å². The van der Waals surface area contributed by atoms with Crippen LogP contribution in [0.1, 0.15) is 32.7 Å². The summed E-state index contributed by atoms with van der Waals surface area (Å²) < 4.78 is 1.73. The van der Waals surface area contributed by atoms with Crippen molar-refractivity contribution in [2.75, 3.05) is 18.4 Å². The summed E-state index contributed by atoms with van der Waals surface area (Å²) in [6.07, 6.45) is 5.43. The molecule has 7 nitrogen and oxygen atoms in total. The lowest BCUT2D eigenvalue weighted by Crippen LogP contribution is -2.40. The fourth-order valence-corrected chi connectivity index (χ4v) is 1.88. The zero-order valence-electron chi connectivity index (χ0n) is 11.7. The second-order valence-corrected chi connectivity index (χ2v) is 5.45. The van der Waals surface area contributed by atoms with Gasteiger partial charge in [0.15, 0.2) is 0 Å². The SMILES string of the molecule is CC(C)n1cc(NC(=O)N(CC(=O)O)CC2CC2)cn1. The molecule has 0 radical (unpaired) electrons. The number of nitrogens with one attached hydrogen (secondary N) is 1. The van der Waals surface area contributed by atoms with Crippen molar-refractivity contribution in [2.24, 2.45) is 5.92 Å². The van der Waals surface area contributed by atoms with Crippen molar-refractivity contribution in [3.8, 4) is 0 Å². The van der Waals surface area contributed by atoms with Gasteiger partial charge in [-0.2, -0.15) is 5.10 Å². The molecule has 2 rings (SSSR count). The van der Waals surface area contributed by atoms with Gasteiger partial charge in [0.2, 0.25) is 0 Å². The smallest absolute Gasteiger partial charge is 0.323 e. The van der Waals surface area contributed by atoms with Crippen LogP contribution in [0.2, 0.25) is 0 Å². The highest BCUT2D eigenvalue weighted by Crippen LogP contribution is 2.29. The molecule has 0 aromatic carbocycles. The van der Waals surface area contributed by atoms with Crippen molar-refractivity contribution in [3.05, 3.63) is 12.4 Å². The third-order valence-corrected chi connectivity index (χ3v) is 3.17. The second-order valence-electron chi connectivity index (χ2n) is 5.45. The Kier molecular flexibility index (Phi) is 4.26. The monoisotopic (exact) mass is 280 g/mol. The van der Waals surface area contributed by atoms with E-state index in [1.54, 1.807) is 17.1 Å². The van der Waals surface area contributed by atoms with Gasteiger partial charge in [0.25, 0.3) is 0 Å². The van der Waals surface area contributed by atoms with E-state index < -0.39 is 5.97 Å². The number of urea groups is 1. The first-order valence-corrected chi connectivity index (χ1v) is 6.77. The molecule has 1 aromatic heterocycles. The molecule has 0 spiro atoms. The van der Waals surface area contributed by atoms with E-state index in [4.69, 9.17) is 5.11 Å². The average Bonchev–Trinajstić information content (AvgIpc) is 3.04. The maximum Gasteiger partial charge on any atom is 0.323 e. The lowest BCUT2D eigenvalue weighted by molar-refractivity contribution is -0.137. The zero-order chi connectivity index (χ0) is 14.7. The van der Waals surface area contributed by atoms with Crippen molar-refractivity contribution >= 4 is 17.7 Å². The average molecular weight is 280 g/mol. The maximum atomic E-state index is 12.1. The van der Waals surface area contributed by atoms with Gasteiger partial charge in [-0.1, -0.05) is 0 Å². The molecule has 1 aliphatic carbocycles. The fraction of sp³-hybridized carbons (Fsp3) is 0.615. The van der Waals surface area contributed by atoms with Gasteiger partial charge in [-0.25, -0.2) is 4.79 Å². The van der Waals surface area contributed by atoms with Crippen molar-refractivity contribution in [2.45, 2.75) is 32.7 Å². The second kappa shape index (κ2) is 5.94. The number of carboxylic acid groups (broad SMARTS) is 1. The van der Waals surface area contributed by atoms with Crippen LogP contribution in [-0.4, -0.2) is 44.9 Å². The normalized spacial score (nSPS) is 14.3. The lowest BCUT2D eigenvalue weighted by atomic mass is 10.3. The first kappa shape index (κ1) is 14.4. The number of aliphatic carboxylic acids is 1. The highest BCUT2D eigenvalue weighted by Gasteiger charge is 2.28. The van der Waals surface area contributed by atoms with Gasteiger partial charge in [0.1, 0.15) is 6.54 Å². The summed E-state index contributed by atoms with van der Waals surface area (Å²) >= 11 is 0. The van der Waals surface area contributed by atoms with Crippen molar-refractivity contribution < 1.29 is 14.7 Å². The van der Waals surface area contributed by atoms with Crippen LogP contribution in [-0.2, 0) is 4.79 Å². The molecule has 7 heteroatoms. The summed E-state index contributed by atoms with van der Waals surface area (Å²) in [5.74, 6) is -0.558. The molecule has 20 heavy (non-hydrogen) atoms. The maximum absolute atomic E-state index is 12.1. The third-order valence-electron chi connectivity index (χ3n) is 3.17. The zero-order valence-corrected chi connectivity index (χ0v) is 11.7.